The minimum absolute atomic E-state index is 0.0732. The second-order valence-electron chi connectivity index (χ2n) is 6.22. The van der Waals surface area contributed by atoms with Crippen LogP contribution in [0, 0.1) is 0 Å². The molecule has 132 valence electrons. The van der Waals surface area contributed by atoms with Crippen LogP contribution in [0.15, 0.2) is 57.0 Å². The largest absolute Gasteiger partial charge is 0.469 e. The van der Waals surface area contributed by atoms with E-state index in [-0.39, 0.29) is 16.6 Å². The summed E-state index contributed by atoms with van der Waals surface area (Å²) in [5, 5.41) is 5.08. The van der Waals surface area contributed by atoms with Crippen LogP contribution in [0.1, 0.15) is 36.5 Å². The van der Waals surface area contributed by atoms with Gasteiger partial charge in [0.15, 0.2) is 0 Å². The molecule has 1 fully saturated rings. The number of carbonyl (C=O) groups is 1. The summed E-state index contributed by atoms with van der Waals surface area (Å²) < 4.78 is 27.9. The molecule has 0 amide bonds. The molecule has 25 heavy (non-hydrogen) atoms. The molecule has 1 heterocycles. The zero-order chi connectivity index (χ0) is 17.9. The summed E-state index contributed by atoms with van der Waals surface area (Å²) in [5.74, 6) is 1.09. The Morgan fingerprint density at radius 1 is 1.16 bits per heavy atom. The quantitative estimate of drug-likeness (QED) is 0.884. The third-order valence-corrected chi connectivity index (χ3v) is 5.22. The van der Waals surface area contributed by atoms with Crippen LogP contribution in [-0.2, 0) is 21.2 Å². The normalized spacial score (nSPS) is 20.1. The van der Waals surface area contributed by atoms with Gasteiger partial charge in [-0.2, -0.15) is 0 Å². The average molecular weight is 360 g/mol. The monoisotopic (exact) mass is 360 g/mol. The fourth-order valence-electron chi connectivity index (χ4n) is 3.04. The number of benzene rings is 1. The van der Waals surface area contributed by atoms with Gasteiger partial charge in [-0.3, -0.25) is 9.79 Å². The maximum atomic E-state index is 12.0. The van der Waals surface area contributed by atoms with Crippen LogP contribution in [0.3, 0.4) is 0 Å². The number of primary sulfonamides is 1. The number of sulfonamides is 1. The molecule has 1 atom stereocenters. The second kappa shape index (κ2) is 7.33. The Morgan fingerprint density at radius 3 is 2.56 bits per heavy atom. The van der Waals surface area contributed by atoms with Crippen molar-refractivity contribution in [2.24, 2.45) is 10.1 Å². The highest BCUT2D eigenvalue weighted by Gasteiger charge is 2.26. The van der Waals surface area contributed by atoms with Crippen LogP contribution in [0.4, 0.5) is 0 Å². The topological polar surface area (TPSA) is 103 Å². The molecule has 2 N–H and O–H groups in total. The molecule has 7 heteroatoms. The molecule has 1 aromatic heterocycles. The zero-order valence-corrected chi connectivity index (χ0v) is 14.5. The van der Waals surface area contributed by atoms with Crippen LogP contribution in [0.2, 0.25) is 0 Å². The van der Waals surface area contributed by atoms with E-state index >= 15 is 0 Å². The maximum absolute atomic E-state index is 12.0. The number of nitrogens with two attached hydrogens (primary N) is 1. The Hall–Kier alpha value is -2.25. The molecular formula is C18H20N2O4S. The maximum Gasteiger partial charge on any atom is 0.238 e. The standard InChI is InChI=1S/C18H20N2O4S/c19-25(22,23)17-5-3-13(4-6-17)7-8-20-15-10-14(11-16(21)12-15)18-2-1-9-24-18/h1-6,9,14H,7-8,10-12H2,(H2,19,22,23)/t14-/m1/s1. The van der Waals surface area contributed by atoms with Gasteiger partial charge < -0.3 is 4.42 Å². The van der Waals surface area contributed by atoms with Gasteiger partial charge in [0.2, 0.25) is 10.0 Å². The number of hydrogen-bond acceptors (Lipinski definition) is 5. The lowest BCUT2D eigenvalue weighted by molar-refractivity contribution is -0.118. The summed E-state index contributed by atoms with van der Waals surface area (Å²) >= 11 is 0. The predicted octanol–water partition coefficient (Wildman–Crippen LogP) is 2.45. The number of hydrogen-bond donors (Lipinski definition) is 1. The van der Waals surface area contributed by atoms with Gasteiger partial charge in [0.1, 0.15) is 11.5 Å². The van der Waals surface area contributed by atoms with Crippen molar-refractivity contribution in [3.05, 3.63) is 54.0 Å². The average Bonchev–Trinajstić information content (AvgIpc) is 3.08. The fraction of sp³-hybridized carbons (Fsp3) is 0.333. The molecule has 1 saturated carbocycles. The van der Waals surface area contributed by atoms with Crippen molar-refractivity contribution in [2.45, 2.75) is 36.5 Å². The summed E-state index contributed by atoms with van der Waals surface area (Å²) in [6, 6.07) is 10.2. The van der Waals surface area contributed by atoms with E-state index in [0.29, 0.717) is 25.8 Å². The number of ketones is 1. The van der Waals surface area contributed by atoms with Crippen molar-refractivity contribution in [2.75, 3.05) is 6.54 Å². The first-order chi connectivity index (χ1) is 11.9. The highest BCUT2D eigenvalue weighted by Crippen LogP contribution is 2.30. The molecule has 3 rings (SSSR count). The van der Waals surface area contributed by atoms with Crippen LogP contribution in [0.25, 0.3) is 0 Å². The highest BCUT2D eigenvalue weighted by molar-refractivity contribution is 7.89. The lowest BCUT2D eigenvalue weighted by Crippen LogP contribution is -2.21. The third-order valence-electron chi connectivity index (χ3n) is 4.29. The van der Waals surface area contributed by atoms with Gasteiger partial charge in [0, 0.05) is 31.0 Å². The smallest absolute Gasteiger partial charge is 0.238 e. The number of carbonyl (C=O) groups excluding carboxylic acids is 1. The Bertz CT molecular complexity index is 868. The molecule has 0 spiro atoms. The van der Waals surface area contributed by atoms with Gasteiger partial charge in [-0.25, -0.2) is 13.6 Å². The van der Waals surface area contributed by atoms with Gasteiger partial charge in [-0.05, 0) is 42.7 Å². The third kappa shape index (κ3) is 4.64. The fourth-order valence-corrected chi connectivity index (χ4v) is 3.55. The number of nitrogens with zero attached hydrogens (tertiary/aromatic N) is 1. The van der Waals surface area contributed by atoms with E-state index in [1.807, 2.05) is 12.1 Å². The van der Waals surface area contributed by atoms with Gasteiger partial charge in [0.25, 0.3) is 0 Å². The van der Waals surface area contributed by atoms with Crippen LogP contribution in [0.5, 0.6) is 0 Å². The molecule has 0 saturated heterocycles. The van der Waals surface area contributed by atoms with Crippen molar-refractivity contribution in [1.29, 1.82) is 0 Å². The van der Waals surface area contributed by atoms with Crippen molar-refractivity contribution < 1.29 is 17.6 Å². The van der Waals surface area contributed by atoms with E-state index in [4.69, 9.17) is 9.56 Å². The lowest BCUT2D eigenvalue weighted by Gasteiger charge is -2.20. The number of Topliss-reactive ketones (excluding diaryl/α,β-unsaturated/α-hetero) is 1. The molecule has 0 unspecified atom stereocenters. The molecule has 0 bridgehead atoms. The molecule has 6 nitrogen and oxygen atoms in total. The number of aliphatic imine (C=N–C) groups is 1. The summed E-state index contributed by atoms with van der Waals surface area (Å²) in [5.41, 5.74) is 1.88. The van der Waals surface area contributed by atoms with Gasteiger partial charge >= 0.3 is 0 Å². The van der Waals surface area contributed by atoms with Gasteiger partial charge in [-0.1, -0.05) is 12.1 Å². The highest BCUT2D eigenvalue weighted by atomic mass is 32.2. The first-order valence-corrected chi connectivity index (χ1v) is 9.65. The Kier molecular flexibility index (Phi) is 5.15. The minimum atomic E-state index is -3.66. The zero-order valence-electron chi connectivity index (χ0n) is 13.7. The SMILES string of the molecule is NS(=O)(=O)c1ccc(CCN=C2CC(=O)C[C@H](c3ccco3)C2)cc1. The van der Waals surface area contributed by atoms with Crippen molar-refractivity contribution in [3.63, 3.8) is 0 Å². The second-order valence-corrected chi connectivity index (χ2v) is 7.78. The summed E-state index contributed by atoms with van der Waals surface area (Å²) in [7, 11) is -3.66. The molecule has 0 aliphatic heterocycles. The number of furan rings is 1. The number of rotatable bonds is 5. The Morgan fingerprint density at radius 2 is 1.92 bits per heavy atom. The van der Waals surface area contributed by atoms with Crippen LogP contribution < -0.4 is 5.14 Å². The van der Waals surface area contributed by atoms with Crippen molar-refractivity contribution in [3.8, 4) is 0 Å². The molecule has 1 aliphatic rings. The summed E-state index contributed by atoms with van der Waals surface area (Å²) in [4.78, 5) is 16.6. The van der Waals surface area contributed by atoms with Crippen molar-refractivity contribution >= 4 is 21.5 Å². The van der Waals surface area contributed by atoms with E-state index in [0.717, 1.165) is 23.5 Å². The first kappa shape index (κ1) is 17.6. The van der Waals surface area contributed by atoms with E-state index in [1.165, 1.54) is 12.1 Å². The van der Waals surface area contributed by atoms with Crippen LogP contribution in [-0.4, -0.2) is 26.5 Å². The van der Waals surface area contributed by atoms with Gasteiger partial charge in [0.05, 0.1) is 11.2 Å². The van der Waals surface area contributed by atoms with Gasteiger partial charge in [-0.15, -0.1) is 0 Å². The van der Waals surface area contributed by atoms with Crippen molar-refractivity contribution in [1.82, 2.24) is 0 Å². The Labute approximate surface area is 146 Å². The molecule has 2 aromatic rings. The van der Waals surface area contributed by atoms with E-state index in [9.17, 15) is 13.2 Å². The summed E-state index contributed by atoms with van der Waals surface area (Å²) in [6.45, 7) is 0.558. The lowest BCUT2D eigenvalue weighted by atomic mass is 9.85. The Balaban J connectivity index is 1.60. The van der Waals surface area contributed by atoms with Crippen LogP contribution >= 0.6 is 0 Å². The molecular weight excluding hydrogens is 340 g/mol. The molecule has 0 radical (unpaired) electrons. The minimum Gasteiger partial charge on any atom is -0.469 e. The van der Waals surface area contributed by atoms with E-state index < -0.39 is 10.0 Å². The van der Waals surface area contributed by atoms with E-state index in [2.05, 4.69) is 4.99 Å². The van der Waals surface area contributed by atoms with E-state index in [1.54, 1.807) is 18.4 Å². The molecule has 1 aliphatic carbocycles. The first-order valence-electron chi connectivity index (χ1n) is 8.11. The molecule has 1 aromatic carbocycles. The predicted molar refractivity (Wildman–Crippen MR) is 94.1 cm³/mol. The summed E-state index contributed by atoms with van der Waals surface area (Å²) in [6.07, 6.45) is 3.94.